The van der Waals surface area contributed by atoms with Crippen molar-refractivity contribution in [3.63, 3.8) is 0 Å². The molecule has 2 aromatic rings. The number of anilines is 2. The fraction of sp³-hybridized carbons (Fsp3) is 0.267. The van der Waals surface area contributed by atoms with E-state index in [1.54, 1.807) is 17.7 Å². The molecule has 23 heavy (non-hydrogen) atoms. The van der Waals surface area contributed by atoms with E-state index in [-0.39, 0.29) is 24.6 Å². The van der Waals surface area contributed by atoms with Gasteiger partial charge in [-0.15, -0.1) is 0 Å². The number of amides is 2. The molecule has 0 radical (unpaired) electrons. The van der Waals surface area contributed by atoms with Gasteiger partial charge in [0.15, 0.2) is 0 Å². The van der Waals surface area contributed by atoms with Crippen LogP contribution in [0.25, 0.3) is 0 Å². The summed E-state index contributed by atoms with van der Waals surface area (Å²) in [7, 11) is 0. The zero-order valence-corrected chi connectivity index (χ0v) is 12.3. The third-order valence-electron chi connectivity index (χ3n) is 3.50. The van der Waals surface area contributed by atoms with Crippen LogP contribution in [0.4, 0.5) is 20.3 Å². The fourth-order valence-corrected chi connectivity index (χ4v) is 2.47. The molecule has 1 aliphatic rings. The predicted octanol–water partition coefficient (Wildman–Crippen LogP) is 1.85. The van der Waals surface area contributed by atoms with Crippen molar-refractivity contribution in [2.24, 2.45) is 0 Å². The Kier molecular flexibility index (Phi) is 3.81. The van der Waals surface area contributed by atoms with Gasteiger partial charge in [0.05, 0.1) is 17.9 Å². The third kappa shape index (κ3) is 3.05. The molecule has 1 aliphatic heterocycles. The van der Waals surface area contributed by atoms with Gasteiger partial charge in [0.2, 0.25) is 11.8 Å². The minimum Gasteiger partial charge on any atom is -0.322 e. The number of nitrogens with zero attached hydrogens (tertiary/aromatic N) is 3. The number of rotatable bonds is 3. The first kappa shape index (κ1) is 15.1. The van der Waals surface area contributed by atoms with Crippen molar-refractivity contribution in [2.75, 3.05) is 16.8 Å². The topological polar surface area (TPSA) is 67.2 Å². The molecule has 8 heteroatoms. The monoisotopic (exact) mass is 320 g/mol. The van der Waals surface area contributed by atoms with Gasteiger partial charge in [0.1, 0.15) is 24.0 Å². The lowest BCUT2D eigenvalue weighted by molar-refractivity contribution is -0.122. The van der Waals surface area contributed by atoms with Crippen molar-refractivity contribution in [1.29, 1.82) is 0 Å². The summed E-state index contributed by atoms with van der Waals surface area (Å²) in [4.78, 5) is 25.4. The molecule has 1 N–H and O–H groups in total. The first-order valence-corrected chi connectivity index (χ1v) is 7.04. The molecule has 6 nitrogen and oxygen atoms in total. The molecule has 2 heterocycles. The van der Waals surface area contributed by atoms with Gasteiger partial charge in [0.25, 0.3) is 0 Å². The Hall–Kier alpha value is -2.77. The third-order valence-corrected chi connectivity index (χ3v) is 3.50. The molecule has 1 aromatic carbocycles. The van der Waals surface area contributed by atoms with Crippen LogP contribution >= 0.6 is 0 Å². The van der Waals surface area contributed by atoms with Crippen molar-refractivity contribution < 1.29 is 18.4 Å². The molecule has 0 fully saturated rings. The lowest BCUT2D eigenvalue weighted by atomic mass is 10.2. The number of halogens is 2. The molecular weight excluding hydrogens is 306 g/mol. The highest BCUT2D eigenvalue weighted by atomic mass is 19.1. The van der Waals surface area contributed by atoms with E-state index in [0.717, 1.165) is 23.9 Å². The highest BCUT2D eigenvalue weighted by molar-refractivity contribution is 6.02. The van der Waals surface area contributed by atoms with E-state index >= 15 is 0 Å². The highest BCUT2D eigenvalue weighted by Crippen LogP contribution is 2.22. The van der Waals surface area contributed by atoms with E-state index in [9.17, 15) is 18.4 Å². The standard InChI is InChI=1S/C15H14F2N4O2/c1-9-6-14-20(15(23)4-5-21(14)19-9)8-13(22)18-12-7-10(16)2-3-11(12)17/h2-3,6-7H,4-5,8H2,1H3,(H,18,22). The van der Waals surface area contributed by atoms with Gasteiger partial charge in [-0.3, -0.25) is 14.5 Å². The fourth-order valence-electron chi connectivity index (χ4n) is 2.47. The van der Waals surface area contributed by atoms with Crippen molar-refractivity contribution in [2.45, 2.75) is 19.9 Å². The van der Waals surface area contributed by atoms with Gasteiger partial charge in [0, 0.05) is 18.6 Å². The number of carbonyl (C=O) groups excluding carboxylic acids is 2. The van der Waals surface area contributed by atoms with Gasteiger partial charge >= 0.3 is 0 Å². The minimum atomic E-state index is -0.745. The van der Waals surface area contributed by atoms with Crippen LogP contribution in [0, 0.1) is 18.6 Å². The summed E-state index contributed by atoms with van der Waals surface area (Å²) in [6.07, 6.45) is 0.232. The van der Waals surface area contributed by atoms with Crippen molar-refractivity contribution >= 4 is 23.3 Å². The van der Waals surface area contributed by atoms with E-state index in [0.29, 0.717) is 12.4 Å². The quantitative estimate of drug-likeness (QED) is 0.938. The maximum atomic E-state index is 13.6. The first-order chi connectivity index (χ1) is 10.9. The smallest absolute Gasteiger partial charge is 0.244 e. The molecular formula is C15H14F2N4O2. The number of hydrogen-bond donors (Lipinski definition) is 1. The van der Waals surface area contributed by atoms with E-state index in [1.807, 2.05) is 0 Å². The summed E-state index contributed by atoms with van der Waals surface area (Å²) in [6, 6.07) is 4.47. The molecule has 0 bridgehead atoms. The van der Waals surface area contributed by atoms with Crippen LogP contribution in [0.2, 0.25) is 0 Å². The van der Waals surface area contributed by atoms with Crippen molar-refractivity contribution in [1.82, 2.24) is 9.78 Å². The maximum absolute atomic E-state index is 13.6. The second kappa shape index (κ2) is 5.79. The Morgan fingerprint density at radius 2 is 2.13 bits per heavy atom. The molecule has 0 aliphatic carbocycles. The van der Waals surface area contributed by atoms with E-state index < -0.39 is 17.5 Å². The summed E-state index contributed by atoms with van der Waals surface area (Å²) < 4.78 is 28.3. The van der Waals surface area contributed by atoms with Crippen LogP contribution in [0.3, 0.4) is 0 Å². The van der Waals surface area contributed by atoms with Gasteiger partial charge in [-0.05, 0) is 19.1 Å². The summed E-state index contributed by atoms with van der Waals surface area (Å²) >= 11 is 0. The normalized spacial score (nSPS) is 13.9. The van der Waals surface area contributed by atoms with Crippen LogP contribution < -0.4 is 10.2 Å². The Bertz CT molecular complexity index is 788. The number of aryl methyl sites for hydroxylation is 2. The number of carbonyl (C=O) groups is 2. The number of fused-ring (bicyclic) bond motifs is 1. The molecule has 0 atom stereocenters. The second-order valence-electron chi connectivity index (χ2n) is 5.27. The van der Waals surface area contributed by atoms with E-state index in [1.165, 1.54) is 4.90 Å². The lowest BCUT2D eigenvalue weighted by Gasteiger charge is -2.26. The van der Waals surface area contributed by atoms with Gasteiger partial charge < -0.3 is 5.32 Å². The first-order valence-electron chi connectivity index (χ1n) is 7.04. The van der Waals surface area contributed by atoms with E-state index in [2.05, 4.69) is 10.4 Å². The Morgan fingerprint density at radius 1 is 1.35 bits per heavy atom. The Labute approximate surface area is 130 Å². The number of hydrogen-bond acceptors (Lipinski definition) is 3. The number of nitrogens with one attached hydrogen (secondary N) is 1. The average Bonchev–Trinajstić information content (AvgIpc) is 2.87. The van der Waals surface area contributed by atoms with Crippen LogP contribution in [0.5, 0.6) is 0 Å². The average molecular weight is 320 g/mol. The molecule has 3 rings (SSSR count). The van der Waals surface area contributed by atoms with Gasteiger partial charge in [-0.25, -0.2) is 13.5 Å². The SMILES string of the molecule is Cc1cc2n(n1)CCC(=O)N2CC(=O)Nc1cc(F)ccc1F. The largest absolute Gasteiger partial charge is 0.322 e. The zero-order valence-electron chi connectivity index (χ0n) is 12.3. The molecule has 0 saturated carbocycles. The molecule has 2 amide bonds. The highest BCUT2D eigenvalue weighted by Gasteiger charge is 2.27. The summed E-state index contributed by atoms with van der Waals surface area (Å²) in [6.45, 7) is 1.95. The molecule has 0 spiro atoms. The number of benzene rings is 1. The summed E-state index contributed by atoms with van der Waals surface area (Å²) in [5.74, 6) is -1.72. The van der Waals surface area contributed by atoms with Crippen LogP contribution in [0.15, 0.2) is 24.3 Å². The summed E-state index contributed by atoms with van der Waals surface area (Å²) in [5.41, 5.74) is 0.473. The van der Waals surface area contributed by atoms with Gasteiger partial charge in [-0.2, -0.15) is 5.10 Å². The Balaban J connectivity index is 1.77. The second-order valence-corrected chi connectivity index (χ2v) is 5.27. The maximum Gasteiger partial charge on any atom is 0.244 e. The predicted molar refractivity (Wildman–Crippen MR) is 78.9 cm³/mol. The molecule has 0 unspecified atom stereocenters. The lowest BCUT2D eigenvalue weighted by Crippen LogP contribution is -2.42. The summed E-state index contributed by atoms with van der Waals surface area (Å²) in [5, 5.41) is 6.51. The van der Waals surface area contributed by atoms with Gasteiger partial charge in [-0.1, -0.05) is 0 Å². The zero-order chi connectivity index (χ0) is 16.6. The Morgan fingerprint density at radius 3 is 2.91 bits per heavy atom. The van der Waals surface area contributed by atoms with Crippen LogP contribution in [-0.4, -0.2) is 28.1 Å². The van der Waals surface area contributed by atoms with Crippen molar-refractivity contribution in [3.05, 3.63) is 41.6 Å². The number of aromatic nitrogens is 2. The van der Waals surface area contributed by atoms with Crippen LogP contribution in [-0.2, 0) is 16.1 Å². The molecule has 120 valence electrons. The van der Waals surface area contributed by atoms with Crippen molar-refractivity contribution in [3.8, 4) is 0 Å². The minimum absolute atomic E-state index is 0.215. The molecule has 0 saturated heterocycles. The molecule has 1 aromatic heterocycles. The van der Waals surface area contributed by atoms with E-state index in [4.69, 9.17) is 0 Å². The van der Waals surface area contributed by atoms with Crippen LogP contribution in [0.1, 0.15) is 12.1 Å².